The van der Waals surface area contributed by atoms with Crippen molar-refractivity contribution >= 4 is 21.8 Å². The summed E-state index contributed by atoms with van der Waals surface area (Å²) < 4.78 is 2.33. The van der Waals surface area contributed by atoms with Crippen LogP contribution in [0.1, 0.15) is 31.9 Å². The van der Waals surface area contributed by atoms with Crippen molar-refractivity contribution in [1.82, 2.24) is 4.57 Å². The Morgan fingerprint density at radius 2 is 1.74 bits per heavy atom. The van der Waals surface area contributed by atoms with Gasteiger partial charge < -0.3 is 9.67 Å². The van der Waals surface area contributed by atoms with Gasteiger partial charge in [0.2, 0.25) is 0 Å². The molecule has 0 bridgehead atoms. The Morgan fingerprint density at radius 1 is 1.00 bits per heavy atom. The quantitative estimate of drug-likeness (QED) is 0.741. The largest absolute Gasteiger partial charge is 0.388 e. The van der Waals surface area contributed by atoms with Gasteiger partial charge in [0.1, 0.15) is 0 Å². The van der Waals surface area contributed by atoms with Crippen LogP contribution in [0.4, 0.5) is 0 Å². The molecule has 2 nitrogen and oxygen atoms in total. The Kier molecular flexibility index (Phi) is 3.03. The minimum Gasteiger partial charge on any atom is -0.388 e. The molecule has 0 aliphatic carbocycles. The molecule has 3 aromatic rings. The van der Waals surface area contributed by atoms with E-state index in [0.717, 1.165) is 18.5 Å². The molecular weight excluding hydrogens is 234 g/mol. The molecule has 0 saturated heterocycles. The predicted molar refractivity (Wildman–Crippen MR) is 80.4 cm³/mol. The number of para-hydroxylation sites is 1. The summed E-state index contributed by atoms with van der Waals surface area (Å²) in [5.74, 6) is 0. The molecule has 98 valence electrons. The molecule has 2 heteroatoms. The van der Waals surface area contributed by atoms with E-state index < -0.39 is 0 Å². The average molecular weight is 253 g/mol. The topological polar surface area (TPSA) is 25.2 Å². The number of fused-ring (bicyclic) bond motifs is 3. The van der Waals surface area contributed by atoms with E-state index in [-0.39, 0.29) is 6.10 Å². The first-order valence-corrected chi connectivity index (χ1v) is 6.95. The minimum absolute atomic E-state index is 0.367. The molecule has 1 heterocycles. The summed E-state index contributed by atoms with van der Waals surface area (Å²) in [6.07, 6.45) is 0.380. The number of hydrogen-bond donors (Lipinski definition) is 1. The lowest BCUT2D eigenvalue weighted by molar-refractivity contribution is 0.174. The fourth-order valence-corrected chi connectivity index (χ4v) is 2.85. The van der Waals surface area contributed by atoms with Crippen molar-refractivity contribution in [2.24, 2.45) is 0 Å². The first-order chi connectivity index (χ1) is 9.26. The van der Waals surface area contributed by atoms with Crippen LogP contribution in [0.25, 0.3) is 21.8 Å². The number of aromatic nitrogens is 1. The van der Waals surface area contributed by atoms with Crippen LogP contribution in [0, 0.1) is 0 Å². The molecule has 3 rings (SSSR count). The first kappa shape index (κ1) is 12.2. The van der Waals surface area contributed by atoms with Crippen LogP contribution in [0.3, 0.4) is 0 Å². The average Bonchev–Trinajstić information content (AvgIpc) is 2.79. The van der Waals surface area contributed by atoms with Gasteiger partial charge in [0.15, 0.2) is 0 Å². The summed E-state index contributed by atoms with van der Waals surface area (Å²) in [5.41, 5.74) is 3.52. The standard InChI is InChI=1S/C17H19NO/c1-3-17(19)12-9-10-16-14(11-12)13-7-5-6-8-15(13)18(16)4-2/h5-11,17,19H,3-4H2,1-2H3/t17-/m0/s1. The maximum atomic E-state index is 10.0. The molecule has 0 radical (unpaired) electrons. The summed E-state index contributed by atoms with van der Waals surface area (Å²) in [6, 6.07) is 14.8. The Morgan fingerprint density at radius 3 is 2.47 bits per heavy atom. The molecule has 0 spiro atoms. The SMILES string of the molecule is CC[C@H](O)c1ccc2c(c1)c1ccccc1n2CC. The van der Waals surface area contributed by atoms with E-state index in [4.69, 9.17) is 0 Å². The van der Waals surface area contributed by atoms with Crippen LogP contribution in [-0.2, 0) is 6.54 Å². The smallest absolute Gasteiger partial charge is 0.0787 e. The van der Waals surface area contributed by atoms with Gasteiger partial charge in [-0.3, -0.25) is 0 Å². The van der Waals surface area contributed by atoms with Crippen LogP contribution in [0.2, 0.25) is 0 Å². The lowest BCUT2D eigenvalue weighted by Crippen LogP contribution is -1.96. The third kappa shape index (κ3) is 1.83. The second kappa shape index (κ2) is 4.71. The van der Waals surface area contributed by atoms with Crippen molar-refractivity contribution in [1.29, 1.82) is 0 Å². The fourth-order valence-electron chi connectivity index (χ4n) is 2.85. The van der Waals surface area contributed by atoms with E-state index in [1.165, 1.54) is 21.8 Å². The molecule has 1 N–H and O–H groups in total. The lowest BCUT2D eigenvalue weighted by Gasteiger charge is -2.08. The van der Waals surface area contributed by atoms with Gasteiger partial charge in [0, 0.05) is 28.4 Å². The maximum absolute atomic E-state index is 10.0. The van der Waals surface area contributed by atoms with Gasteiger partial charge in [-0.25, -0.2) is 0 Å². The molecule has 0 aliphatic rings. The van der Waals surface area contributed by atoms with E-state index in [9.17, 15) is 5.11 Å². The van der Waals surface area contributed by atoms with Crippen LogP contribution in [0.5, 0.6) is 0 Å². The van der Waals surface area contributed by atoms with Gasteiger partial charge in [-0.15, -0.1) is 0 Å². The number of aliphatic hydroxyl groups is 1. The van der Waals surface area contributed by atoms with Crippen molar-refractivity contribution < 1.29 is 5.11 Å². The minimum atomic E-state index is -0.367. The van der Waals surface area contributed by atoms with E-state index in [0.29, 0.717) is 0 Å². The predicted octanol–water partition coefficient (Wildman–Crippen LogP) is 4.26. The van der Waals surface area contributed by atoms with Gasteiger partial charge in [-0.2, -0.15) is 0 Å². The highest BCUT2D eigenvalue weighted by Gasteiger charge is 2.11. The molecule has 1 aromatic heterocycles. The summed E-state index contributed by atoms with van der Waals surface area (Å²) in [6.45, 7) is 5.13. The van der Waals surface area contributed by atoms with Crippen molar-refractivity contribution in [3.05, 3.63) is 48.0 Å². The number of benzene rings is 2. The molecule has 19 heavy (non-hydrogen) atoms. The Bertz CT molecular complexity index is 727. The van der Waals surface area contributed by atoms with Crippen LogP contribution in [0.15, 0.2) is 42.5 Å². The van der Waals surface area contributed by atoms with E-state index in [1.807, 2.05) is 13.0 Å². The molecule has 0 unspecified atom stereocenters. The van der Waals surface area contributed by atoms with Crippen LogP contribution in [-0.4, -0.2) is 9.67 Å². The number of rotatable bonds is 3. The third-order valence-corrected chi connectivity index (χ3v) is 3.88. The zero-order valence-corrected chi connectivity index (χ0v) is 11.4. The third-order valence-electron chi connectivity index (χ3n) is 3.88. The van der Waals surface area contributed by atoms with Gasteiger partial charge in [0.25, 0.3) is 0 Å². The van der Waals surface area contributed by atoms with Crippen molar-refractivity contribution in [3.63, 3.8) is 0 Å². The van der Waals surface area contributed by atoms with Crippen molar-refractivity contribution in [3.8, 4) is 0 Å². The molecule has 0 saturated carbocycles. The second-order valence-electron chi connectivity index (χ2n) is 4.96. The summed E-state index contributed by atoms with van der Waals surface area (Å²) in [4.78, 5) is 0. The second-order valence-corrected chi connectivity index (χ2v) is 4.96. The number of nitrogens with zero attached hydrogens (tertiary/aromatic N) is 1. The van der Waals surface area contributed by atoms with Crippen LogP contribution >= 0.6 is 0 Å². The van der Waals surface area contributed by atoms with Gasteiger partial charge >= 0.3 is 0 Å². The van der Waals surface area contributed by atoms with Gasteiger partial charge in [-0.1, -0.05) is 31.2 Å². The van der Waals surface area contributed by atoms with Crippen LogP contribution < -0.4 is 0 Å². The van der Waals surface area contributed by atoms with E-state index >= 15 is 0 Å². The zero-order chi connectivity index (χ0) is 13.4. The van der Waals surface area contributed by atoms with Gasteiger partial charge in [-0.05, 0) is 37.1 Å². The summed E-state index contributed by atoms with van der Waals surface area (Å²) in [7, 11) is 0. The fraction of sp³-hybridized carbons (Fsp3) is 0.294. The van der Waals surface area contributed by atoms with E-state index in [1.54, 1.807) is 0 Å². The number of aliphatic hydroxyl groups excluding tert-OH is 1. The highest BCUT2D eigenvalue weighted by atomic mass is 16.3. The molecule has 2 aromatic carbocycles. The molecule has 0 amide bonds. The highest BCUT2D eigenvalue weighted by molar-refractivity contribution is 6.08. The highest BCUT2D eigenvalue weighted by Crippen LogP contribution is 2.31. The Labute approximate surface area is 113 Å². The Hall–Kier alpha value is -1.80. The monoisotopic (exact) mass is 253 g/mol. The Balaban J connectivity index is 2.36. The van der Waals surface area contributed by atoms with E-state index in [2.05, 4.69) is 47.9 Å². The van der Waals surface area contributed by atoms with Gasteiger partial charge in [0.05, 0.1) is 6.10 Å². The summed E-state index contributed by atoms with van der Waals surface area (Å²) >= 11 is 0. The lowest BCUT2D eigenvalue weighted by atomic mass is 10.0. The molecule has 0 aliphatic heterocycles. The summed E-state index contributed by atoms with van der Waals surface area (Å²) in [5, 5.41) is 12.5. The number of aryl methyl sites for hydroxylation is 1. The maximum Gasteiger partial charge on any atom is 0.0787 e. The first-order valence-electron chi connectivity index (χ1n) is 6.95. The van der Waals surface area contributed by atoms with Crippen molar-refractivity contribution in [2.45, 2.75) is 32.9 Å². The number of hydrogen-bond acceptors (Lipinski definition) is 1. The van der Waals surface area contributed by atoms with Crippen molar-refractivity contribution in [2.75, 3.05) is 0 Å². The molecule has 1 atom stereocenters. The zero-order valence-electron chi connectivity index (χ0n) is 11.4. The normalized spacial score (nSPS) is 13.2. The molecule has 0 fully saturated rings. The molecular formula is C17H19NO.